The molecule has 0 spiro atoms. The molecule has 39 heavy (non-hydrogen) atoms. The number of nitrogens with zero attached hydrogens (tertiary/aromatic N) is 3. The maximum absolute atomic E-state index is 12.8. The number of nitro benzene ring substituents is 1. The normalized spacial score (nSPS) is 17.0. The lowest BCUT2D eigenvalue weighted by Crippen LogP contribution is -2.50. The third kappa shape index (κ3) is 5.37. The van der Waals surface area contributed by atoms with Gasteiger partial charge in [0.05, 0.1) is 24.2 Å². The highest BCUT2D eigenvalue weighted by molar-refractivity contribution is 5.71. The fraction of sp³-hybridized carbons (Fsp3) is 0.321. The Morgan fingerprint density at radius 3 is 1.92 bits per heavy atom. The summed E-state index contributed by atoms with van der Waals surface area (Å²) in [4.78, 5) is 27.2. The van der Waals surface area contributed by atoms with Gasteiger partial charge in [-0.2, -0.15) is 0 Å². The van der Waals surface area contributed by atoms with Crippen LogP contribution in [0.2, 0.25) is 0 Å². The fourth-order valence-corrected chi connectivity index (χ4v) is 5.14. The molecule has 11 heteroatoms. The summed E-state index contributed by atoms with van der Waals surface area (Å²) < 4.78 is 27.7. The number of rotatable bonds is 5. The lowest BCUT2D eigenvalue weighted by Gasteiger charge is -2.39. The molecule has 11 nitrogen and oxygen atoms in total. The predicted octanol–water partition coefficient (Wildman–Crippen LogP) is 4.23. The molecule has 1 fully saturated rings. The maximum atomic E-state index is 12.8. The smallest absolute Gasteiger partial charge is 0.415 e. The largest absolute Gasteiger partial charge is 0.467 e. The molecule has 1 amide bonds. The number of nitro groups is 1. The van der Waals surface area contributed by atoms with E-state index < -0.39 is 11.0 Å². The quantitative estimate of drug-likeness (QED) is 0.351. The second kappa shape index (κ2) is 10.9. The number of hydrogen-bond acceptors (Lipinski definition) is 9. The zero-order chi connectivity index (χ0) is 26.8. The van der Waals surface area contributed by atoms with Gasteiger partial charge in [-0.15, -0.1) is 0 Å². The Balaban J connectivity index is 1.20. The number of ether oxygens (including phenoxy) is 5. The molecular formula is C28H27N3O8. The summed E-state index contributed by atoms with van der Waals surface area (Å²) in [5.41, 5.74) is 4.14. The highest BCUT2D eigenvalue weighted by atomic mass is 16.7. The molecule has 0 saturated carbocycles. The van der Waals surface area contributed by atoms with Crippen molar-refractivity contribution in [2.75, 3.05) is 39.8 Å². The van der Waals surface area contributed by atoms with Crippen molar-refractivity contribution in [3.05, 3.63) is 93.0 Å². The molecule has 0 bridgehead atoms. The van der Waals surface area contributed by atoms with Crippen LogP contribution in [0.15, 0.2) is 60.7 Å². The molecule has 0 radical (unpaired) electrons. The average molecular weight is 534 g/mol. The van der Waals surface area contributed by atoms with E-state index in [2.05, 4.69) is 29.2 Å². The minimum Gasteiger partial charge on any atom is -0.467 e. The van der Waals surface area contributed by atoms with Gasteiger partial charge in [-0.3, -0.25) is 15.0 Å². The summed E-state index contributed by atoms with van der Waals surface area (Å²) in [6.07, 6.45) is -0.480. The summed E-state index contributed by atoms with van der Waals surface area (Å²) in [5, 5.41) is 10.9. The van der Waals surface area contributed by atoms with E-state index in [0.717, 1.165) is 33.8 Å². The van der Waals surface area contributed by atoms with Crippen molar-refractivity contribution in [3.8, 4) is 17.2 Å². The SMILES string of the molecule is O=C(Oc1ccc([N+](=O)[O-])cc1)N1CCN(C(c2ccc3c(c2)COCO3)c2ccc3c(c2)COCO3)CC1. The van der Waals surface area contributed by atoms with Gasteiger partial charge in [-0.1, -0.05) is 12.1 Å². The first kappa shape index (κ1) is 25.1. The van der Waals surface area contributed by atoms with Crippen LogP contribution in [0.5, 0.6) is 17.2 Å². The Labute approximate surface area is 224 Å². The summed E-state index contributed by atoms with van der Waals surface area (Å²) in [6.45, 7) is 3.65. The second-order valence-electron chi connectivity index (χ2n) is 9.50. The Morgan fingerprint density at radius 2 is 1.38 bits per heavy atom. The Kier molecular flexibility index (Phi) is 7.01. The molecule has 202 valence electrons. The van der Waals surface area contributed by atoms with Gasteiger partial charge in [0, 0.05) is 49.4 Å². The van der Waals surface area contributed by atoms with Crippen molar-refractivity contribution in [2.45, 2.75) is 19.3 Å². The van der Waals surface area contributed by atoms with E-state index in [9.17, 15) is 14.9 Å². The topological polar surface area (TPSA) is 113 Å². The van der Waals surface area contributed by atoms with Crippen molar-refractivity contribution < 1.29 is 33.4 Å². The third-order valence-corrected chi connectivity index (χ3v) is 7.10. The first-order valence-corrected chi connectivity index (χ1v) is 12.7. The molecule has 3 heterocycles. The average Bonchev–Trinajstić information content (AvgIpc) is 2.98. The van der Waals surface area contributed by atoms with Crippen molar-refractivity contribution in [1.29, 1.82) is 0 Å². The highest BCUT2D eigenvalue weighted by Crippen LogP contribution is 2.36. The number of carbonyl (C=O) groups is 1. The first-order chi connectivity index (χ1) is 19.0. The van der Waals surface area contributed by atoms with Gasteiger partial charge in [-0.25, -0.2) is 4.79 Å². The number of benzene rings is 3. The van der Waals surface area contributed by atoms with Gasteiger partial charge in [0.25, 0.3) is 5.69 Å². The van der Waals surface area contributed by atoms with Gasteiger partial charge < -0.3 is 28.6 Å². The summed E-state index contributed by atoms with van der Waals surface area (Å²) >= 11 is 0. The van der Waals surface area contributed by atoms with Gasteiger partial charge >= 0.3 is 6.09 Å². The summed E-state index contributed by atoms with van der Waals surface area (Å²) in [6, 6.07) is 17.8. The van der Waals surface area contributed by atoms with Gasteiger partial charge in [0.2, 0.25) is 0 Å². The monoisotopic (exact) mass is 533 g/mol. The Hall–Kier alpha value is -4.19. The maximum Gasteiger partial charge on any atom is 0.415 e. The van der Waals surface area contributed by atoms with Crippen molar-refractivity contribution in [2.24, 2.45) is 0 Å². The second-order valence-corrected chi connectivity index (χ2v) is 9.50. The number of piperazine rings is 1. The van der Waals surface area contributed by atoms with E-state index in [0.29, 0.717) is 39.4 Å². The van der Waals surface area contributed by atoms with Crippen LogP contribution < -0.4 is 14.2 Å². The van der Waals surface area contributed by atoms with Gasteiger partial charge in [-0.05, 0) is 47.5 Å². The Bertz CT molecular complexity index is 1310. The fourth-order valence-electron chi connectivity index (χ4n) is 5.14. The molecule has 3 aromatic rings. The molecule has 3 aliphatic rings. The summed E-state index contributed by atoms with van der Waals surface area (Å²) in [7, 11) is 0. The zero-order valence-electron chi connectivity index (χ0n) is 21.1. The molecule has 6 rings (SSSR count). The lowest BCUT2D eigenvalue weighted by atomic mass is 9.93. The number of carbonyl (C=O) groups excluding carboxylic acids is 1. The highest BCUT2D eigenvalue weighted by Gasteiger charge is 2.30. The standard InChI is InChI=1S/C28H27N3O8/c32-28(39-24-5-3-23(4-6-24)31(33)34)30-11-9-29(10-12-30)27(19-1-7-25-21(13-19)15-35-17-37-25)20-2-8-26-22(14-20)16-36-18-38-26/h1-8,13-14,27H,9-12,15-18H2. The van der Waals surface area contributed by atoms with Gasteiger partial charge in [0.1, 0.15) is 17.2 Å². The van der Waals surface area contributed by atoms with Crippen LogP contribution in [0.4, 0.5) is 10.5 Å². The number of fused-ring (bicyclic) bond motifs is 2. The number of amides is 1. The summed E-state index contributed by atoms with van der Waals surface area (Å²) in [5.74, 6) is 1.92. The van der Waals surface area contributed by atoms with Crippen LogP contribution in [0.3, 0.4) is 0 Å². The number of non-ortho nitro benzene ring substituents is 1. The minimum atomic E-state index is -0.494. The van der Waals surface area contributed by atoms with Crippen molar-refractivity contribution in [1.82, 2.24) is 9.80 Å². The van der Waals surface area contributed by atoms with E-state index in [4.69, 9.17) is 23.7 Å². The predicted molar refractivity (Wildman–Crippen MR) is 138 cm³/mol. The van der Waals surface area contributed by atoms with Gasteiger partial charge in [0.15, 0.2) is 13.6 Å². The molecular weight excluding hydrogens is 506 g/mol. The van der Waals surface area contributed by atoms with Crippen LogP contribution >= 0.6 is 0 Å². The van der Waals surface area contributed by atoms with Crippen LogP contribution in [0.1, 0.15) is 28.3 Å². The van der Waals surface area contributed by atoms with Crippen LogP contribution in [-0.2, 0) is 22.7 Å². The molecule has 0 N–H and O–H groups in total. The molecule has 0 unspecified atom stereocenters. The van der Waals surface area contributed by atoms with E-state index >= 15 is 0 Å². The van der Waals surface area contributed by atoms with E-state index in [1.807, 2.05) is 12.1 Å². The van der Waals surface area contributed by atoms with Crippen LogP contribution in [0.25, 0.3) is 0 Å². The molecule has 1 saturated heterocycles. The third-order valence-electron chi connectivity index (χ3n) is 7.10. The zero-order valence-corrected chi connectivity index (χ0v) is 21.1. The van der Waals surface area contributed by atoms with Crippen LogP contribution in [-0.4, -0.2) is 60.6 Å². The molecule has 0 atom stereocenters. The first-order valence-electron chi connectivity index (χ1n) is 12.7. The van der Waals surface area contributed by atoms with Crippen LogP contribution in [0, 0.1) is 10.1 Å². The molecule has 0 aliphatic carbocycles. The molecule has 3 aliphatic heterocycles. The lowest BCUT2D eigenvalue weighted by molar-refractivity contribution is -0.384. The molecule has 3 aromatic carbocycles. The van der Waals surface area contributed by atoms with E-state index in [1.165, 1.54) is 24.3 Å². The Morgan fingerprint density at radius 1 is 0.821 bits per heavy atom. The van der Waals surface area contributed by atoms with Crippen molar-refractivity contribution in [3.63, 3.8) is 0 Å². The molecule has 0 aromatic heterocycles. The van der Waals surface area contributed by atoms with E-state index in [-0.39, 0.29) is 31.1 Å². The number of hydrogen-bond donors (Lipinski definition) is 0. The van der Waals surface area contributed by atoms with E-state index in [1.54, 1.807) is 4.90 Å². The van der Waals surface area contributed by atoms with Crippen molar-refractivity contribution >= 4 is 11.8 Å². The minimum absolute atomic E-state index is 0.0601.